The first kappa shape index (κ1) is 20.8. The number of Topliss-reactive ketones (excluding diaryl/α,β-unsaturated/α-hetero) is 1. The molecule has 32 heavy (non-hydrogen) atoms. The van der Waals surface area contributed by atoms with Gasteiger partial charge in [0.1, 0.15) is 23.5 Å². The van der Waals surface area contributed by atoms with Gasteiger partial charge < -0.3 is 19.8 Å². The fourth-order valence-corrected chi connectivity index (χ4v) is 4.56. The summed E-state index contributed by atoms with van der Waals surface area (Å²) in [6.07, 6.45) is 5.94. The summed E-state index contributed by atoms with van der Waals surface area (Å²) in [5, 5.41) is 4.10. The van der Waals surface area contributed by atoms with E-state index in [1.165, 1.54) is 18.5 Å². The summed E-state index contributed by atoms with van der Waals surface area (Å²) in [4.78, 5) is 25.1. The molecule has 2 N–H and O–H groups in total. The number of carbonyl (C=O) groups excluding carboxylic acids is 1. The zero-order valence-corrected chi connectivity index (χ0v) is 17.9. The number of hydrogen-bond acceptors (Lipinski definition) is 6. The van der Waals surface area contributed by atoms with Crippen molar-refractivity contribution in [2.45, 2.75) is 25.3 Å². The Morgan fingerprint density at radius 2 is 2.19 bits per heavy atom. The van der Waals surface area contributed by atoms with Crippen LogP contribution in [0, 0.1) is 11.7 Å². The minimum absolute atomic E-state index is 0.0405. The van der Waals surface area contributed by atoms with E-state index in [4.69, 9.17) is 9.47 Å². The summed E-state index contributed by atoms with van der Waals surface area (Å²) in [6, 6.07) is 6.10. The number of rotatable bonds is 5. The van der Waals surface area contributed by atoms with Gasteiger partial charge in [-0.2, -0.15) is 0 Å². The van der Waals surface area contributed by atoms with Crippen LogP contribution in [0.2, 0.25) is 0 Å². The molecular weight excluding hydrogens is 411 g/mol. The molecule has 0 saturated carbocycles. The fraction of sp³-hybridized carbons (Fsp3) is 0.375. The fourth-order valence-electron chi connectivity index (χ4n) is 4.56. The highest BCUT2D eigenvalue weighted by atomic mass is 19.1. The van der Waals surface area contributed by atoms with Gasteiger partial charge in [-0.05, 0) is 49.1 Å². The minimum atomic E-state index is -0.363. The number of nitrogens with zero attached hydrogens (tertiary/aromatic N) is 2. The molecule has 4 heterocycles. The van der Waals surface area contributed by atoms with Crippen LogP contribution in [-0.2, 0) is 9.53 Å². The van der Waals surface area contributed by atoms with Crippen LogP contribution >= 0.6 is 0 Å². The summed E-state index contributed by atoms with van der Waals surface area (Å²) in [7, 11) is 1.55. The molecule has 7 nitrogen and oxygen atoms in total. The lowest BCUT2D eigenvalue weighted by Crippen LogP contribution is -2.44. The second-order valence-electron chi connectivity index (χ2n) is 8.22. The van der Waals surface area contributed by atoms with E-state index >= 15 is 0 Å². The third kappa shape index (κ3) is 3.91. The number of halogens is 1. The number of ketones is 1. The number of nitrogens with one attached hydrogen (secondary N) is 2. The molecule has 166 valence electrons. The first-order valence-electron chi connectivity index (χ1n) is 10.9. The van der Waals surface area contributed by atoms with E-state index in [1.54, 1.807) is 13.2 Å². The average Bonchev–Trinajstić information content (AvgIpc) is 3.29. The van der Waals surface area contributed by atoms with E-state index < -0.39 is 0 Å². The van der Waals surface area contributed by atoms with Gasteiger partial charge >= 0.3 is 0 Å². The zero-order chi connectivity index (χ0) is 22.1. The lowest BCUT2D eigenvalue weighted by Gasteiger charge is -2.28. The highest BCUT2D eigenvalue weighted by Gasteiger charge is 2.31. The van der Waals surface area contributed by atoms with E-state index in [9.17, 15) is 9.18 Å². The molecule has 1 fully saturated rings. The summed E-state index contributed by atoms with van der Waals surface area (Å²) >= 11 is 0. The molecule has 0 bridgehead atoms. The Kier molecular flexibility index (Phi) is 5.71. The van der Waals surface area contributed by atoms with Crippen LogP contribution < -0.4 is 10.1 Å². The Morgan fingerprint density at radius 1 is 1.28 bits per heavy atom. The molecule has 2 aliphatic heterocycles. The first-order valence-corrected chi connectivity index (χ1v) is 10.9. The quantitative estimate of drug-likeness (QED) is 0.636. The molecule has 0 aliphatic carbocycles. The third-order valence-electron chi connectivity index (χ3n) is 6.23. The van der Waals surface area contributed by atoms with E-state index in [0.29, 0.717) is 42.2 Å². The monoisotopic (exact) mass is 436 g/mol. The summed E-state index contributed by atoms with van der Waals surface area (Å²) in [5.41, 5.74) is 3.75. The summed E-state index contributed by atoms with van der Waals surface area (Å²) in [5.74, 6) is 0.352. The molecule has 1 aromatic carbocycles. The maximum atomic E-state index is 14.0. The second-order valence-corrected chi connectivity index (χ2v) is 8.22. The smallest absolute Gasteiger partial charge is 0.155 e. The lowest BCUT2D eigenvalue weighted by molar-refractivity contribution is -0.128. The van der Waals surface area contributed by atoms with Crippen molar-refractivity contribution in [1.82, 2.24) is 20.3 Å². The molecule has 3 aromatic rings. The third-order valence-corrected chi connectivity index (χ3v) is 6.23. The molecule has 0 radical (unpaired) electrons. The number of methoxy groups -OCH3 is 1. The predicted octanol–water partition coefficient (Wildman–Crippen LogP) is 3.51. The Labute approximate surface area is 185 Å². The molecule has 5 rings (SSSR count). The molecule has 0 amide bonds. The van der Waals surface area contributed by atoms with Crippen LogP contribution in [-0.4, -0.2) is 53.6 Å². The SMILES string of the molecule is COc1ccc(F)cc1-c1ncnc2[nH]c(C3=CCNC(C(=O)C4CCCOC4)C3)cc12. The van der Waals surface area contributed by atoms with Crippen molar-refractivity contribution >= 4 is 22.4 Å². The molecule has 1 saturated heterocycles. The van der Waals surface area contributed by atoms with Gasteiger partial charge in [0, 0.05) is 35.7 Å². The number of ether oxygens (including phenoxy) is 2. The second kappa shape index (κ2) is 8.80. The van der Waals surface area contributed by atoms with Gasteiger partial charge in [-0.25, -0.2) is 14.4 Å². The standard InChI is InChI=1S/C24H25FN4O3/c1-31-21-5-4-16(25)10-17(21)22-18-11-19(29-24(18)28-13-27-22)14-6-7-26-20(9-14)23(30)15-3-2-8-32-12-15/h4-6,10-11,13,15,20,26H,2-3,7-9,12H2,1H3,(H,27,28,29). The maximum absolute atomic E-state index is 14.0. The lowest BCUT2D eigenvalue weighted by atomic mass is 9.87. The highest BCUT2D eigenvalue weighted by Crippen LogP contribution is 2.35. The predicted molar refractivity (Wildman–Crippen MR) is 119 cm³/mol. The number of aromatic nitrogens is 3. The summed E-state index contributed by atoms with van der Waals surface area (Å²) in [6.45, 7) is 1.86. The van der Waals surface area contributed by atoms with Crippen LogP contribution in [0.3, 0.4) is 0 Å². The van der Waals surface area contributed by atoms with Crippen LogP contribution in [0.25, 0.3) is 27.9 Å². The van der Waals surface area contributed by atoms with Gasteiger partial charge in [-0.3, -0.25) is 4.79 Å². The van der Waals surface area contributed by atoms with Crippen LogP contribution in [0.4, 0.5) is 4.39 Å². The molecule has 2 aromatic heterocycles. The molecule has 2 aliphatic rings. The normalized spacial score (nSPS) is 21.4. The van der Waals surface area contributed by atoms with Crippen molar-refractivity contribution in [2.24, 2.45) is 5.92 Å². The van der Waals surface area contributed by atoms with Crippen molar-refractivity contribution in [2.75, 3.05) is 26.9 Å². The van der Waals surface area contributed by atoms with Gasteiger partial charge in [-0.15, -0.1) is 0 Å². The van der Waals surface area contributed by atoms with Crippen molar-refractivity contribution in [3.63, 3.8) is 0 Å². The number of aromatic amines is 1. The minimum Gasteiger partial charge on any atom is -0.496 e. The highest BCUT2D eigenvalue weighted by molar-refractivity contribution is 5.95. The van der Waals surface area contributed by atoms with E-state index in [1.807, 2.05) is 6.07 Å². The number of carbonyl (C=O) groups is 1. The van der Waals surface area contributed by atoms with Gasteiger partial charge in [0.15, 0.2) is 5.78 Å². The number of hydrogen-bond donors (Lipinski definition) is 2. The van der Waals surface area contributed by atoms with Gasteiger partial charge in [0.2, 0.25) is 0 Å². The topological polar surface area (TPSA) is 89.1 Å². The molecule has 8 heteroatoms. The van der Waals surface area contributed by atoms with E-state index in [0.717, 1.165) is 36.1 Å². The molecule has 0 spiro atoms. The largest absolute Gasteiger partial charge is 0.496 e. The zero-order valence-electron chi connectivity index (χ0n) is 17.9. The van der Waals surface area contributed by atoms with Gasteiger partial charge in [-0.1, -0.05) is 6.08 Å². The molecule has 2 unspecified atom stereocenters. The van der Waals surface area contributed by atoms with Crippen LogP contribution in [0.5, 0.6) is 5.75 Å². The first-order chi connectivity index (χ1) is 15.6. The van der Waals surface area contributed by atoms with Gasteiger partial charge in [0.05, 0.1) is 25.5 Å². The summed E-state index contributed by atoms with van der Waals surface area (Å²) < 4.78 is 24.9. The van der Waals surface area contributed by atoms with Crippen molar-refractivity contribution < 1.29 is 18.7 Å². The van der Waals surface area contributed by atoms with E-state index in [-0.39, 0.29) is 23.6 Å². The van der Waals surface area contributed by atoms with Crippen LogP contribution in [0.15, 0.2) is 36.7 Å². The average molecular weight is 436 g/mol. The van der Waals surface area contributed by atoms with Crippen molar-refractivity contribution in [1.29, 1.82) is 0 Å². The molecule has 2 atom stereocenters. The van der Waals surface area contributed by atoms with Crippen molar-refractivity contribution in [3.8, 4) is 17.0 Å². The Hall–Kier alpha value is -3.10. The molecular formula is C24H25FN4O3. The van der Waals surface area contributed by atoms with Crippen molar-refractivity contribution in [3.05, 3.63) is 48.2 Å². The van der Waals surface area contributed by atoms with Gasteiger partial charge in [0.25, 0.3) is 0 Å². The number of fused-ring (bicyclic) bond motifs is 1. The van der Waals surface area contributed by atoms with E-state index in [2.05, 4.69) is 26.3 Å². The number of H-pyrrole nitrogens is 1. The Balaban J connectivity index is 1.46. The Morgan fingerprint density at radius 3 is 3.00 bits per heavy atom. The number of benzene rings is 1. The van der Waals surface area contributed by atoms with Crippen LogP contribution in [0.1, 0.15) is 25.0 Å². The Bertz CT molecular complexity index is 1180. The maximum Gasteiger partial charge on any atom is 0.155 e.